The lowest BCUT2D eigenvalue weighted by atomic mass is 9.93. The van der Waals surface area contributed by atoms with Crippen LogP contribution in [0.25, 0.3) is 0 Å². The summed E-state index contributed by atoms with van der Waals surface area (Å²) < 4.78 is 40.6. The zero-order chi connectivity index (χ0) is 25.0. The molecule has 2 aromatic carbocycles. The fourth-order valence-corrected chi connectivity index (χ4v) is 6.37. The van der Waals surface area contributed by atoms with E-state index in [1.807, 2.05) is 30.3 Å². The predicted octanol–water partition coefficient (Wildman–Crippen LogP) is 8.23. The molecule has 1 fully saturated rings. The highest BCUT2D eigenvalue weighted by Gasteiger charge is 2.33. The number of hydrogen-bond acceptors (Lipinski definition) is 5. The molecule has 1 aromatic heterocycles. The van der Waals surface area contributed by atoms with E-state index in [0.717, 1.165) is 45.4 Å². The van der Waals surface area contributed by atoms with Crippen molar-refractivity contribution in [1.29, 1.82) is 0 Å². The molecule has 1 saturated carbocycles. The lowest BCUT2D eigenvalue weighted by Crippen LogP contribution is -2.23. The maximum Gasteiger partial charge on any atom is 0.416 e. The van der Waals surface area contributed by atoms with Crippen LogP contribution in [0.3, 0.4) is 0 Å². The number of carbonyl (C=O) groups excluding carboxylic acids is 2. The zero-order valence-corrected chi connectivity index (χ0v) is 21.5. The summed E-state index contributed by atoms with van der Waals surface area (Å²) in [5, 5.41) is 5.48. The van der Waals surface area contributed by atoms with Crippen LogP contribution in [0, 0.1) is 5.92 Å². The molecule has 0 bridgehead atoms. The lowest BCUT2D eigenvalue weighted by molar-refractivity contribution is -0.137. The van der Waals surface area contributed by atoms with Gasteiger partial charge in [0.05, 0.1) is 20.7 Å². The van der Waals surface area contributed by atoms with Gasteiger partial charge in [0.15, 0.2) is 10.9 Å². The van der Waals surface area contributed by atoms with E-state index in [1.54, 1.807) is 11.8 Å². The number of Topliss-reactive ketones (excluding diaryl/α,β-unsaturated/α-hetero) is 1. The van der Waals surface area contributed by atoms with Crippen LogP contribution in [0.2, 0.25) is 0 Å². The van der Waals surface area contributed by atoms with Crippen molar-refractivity contribution in [3.63, 3.8) is 0 Å². The molecular formula is C24H21BrF3N3O2S2. The fraction of sp³-hybridized carbons (Fsp3) is 0.292. The number of rotatable bonds is 7. The summed E-state index contributed by atoms with van der Waals surface area (Å²) in [6.45, 7) is 0. The smallest absolute Gasteiger partial charge is 0.307 e. The SMILES string of the molecule is O=C(Nc1nc(CSc2ccccc2)c(Br)s1)Nc1ccc(C(F)(F)F)cc1C(=O)C1CCCC1. The Morgan fingerprint density at radius 2 is 1.80 bits per heavy atom. The van der Waals surface area contributed by atoms with E-state index < -0.39 is 17.8 Å². The maximum atomic E-state index is 13.3. The Balaban J connectivity index is 1.47. The van der Waals surface area contributed by atoms with E-state index in [4.69, 9.17) is 0 Å². The van der Waals surface area contributed by atoms with Gasteiger partial charge in [-0.25, -0.2) is 9.78 Å². The van der Waals surface area contributed by atoms with E-state index in [9.17, 15) is 22.8 Å². The highest BCUT2D eigenvalue weighted by Crippen LogP contribution is 2.36. The number of halogens is 4. The van der Waals surface area contributed by atoms with Crippen LogP contribution in [-0.2, 0) is 11.9 Å². The summed E-state index contributed by atoms with van der Waals surface area (Å²) >= 11 is 6.29. The molecule has 11 heteroatoms. The molecule has 5 nitrogen and oxygen atoms in total. The van der Waals surface area contributed by atoms with Crippen LogP contribution in [0.15, 0.2) is 57.2 Å². The fourth-order valence-electron chi connectivity index (χ4n) is 3.84. The number of urea groups is 1. The Morgan fingerprint density at radius 3 is 2.49 bits per heavy atom. The topological polar surface area (TPSA) is 71.1 Å². The first-order valence-corrected chi connectivity index (χ1v) is 13.5. The largest absolute Gasteiger partial charge is 0.416 e. The van der Waals surface area contributed by atoms with E-state index in [0.29, 0.717) is 23.7 Å². The Kier molecular flexibility index (Phi) is 8.18. The van der Waals surface area contributed by atoms with Crippen molar-refractivity contribution in [2.45, 2.75) is 42.5 Å². The minimum Gasteiger partial charge on any atom is -0.307 e. The number of alkyl halides is 3. The summed E-state index contributed by atoms with van der Waals surface area (Å²) in [6, 6.07) is 11.9. The van der Waals surface area contributed by atoms with Gasteiger partial charge >= 0.3 is 12.2 Å². The summed E-state index contributed by atoms with van der Waals surface area (Å²) in [4.78, 5) is 31.1. The van der Waals surface area contributed by atoms with Gasteiger partial charge in [-0.3, -0.25) is 10.1 Å². The van der Waals surface area contributed by atoms with E-state index in [2.05, 4.69) is 31.5 Å². The molecule has 2 amide bonds. The number of benzene rings is 2. The first-order valence-electron chi connectivity index (χ1n) is 10.9. The van der Waals surface area contributed by atoms with Crippen molar-refractivity contribution in [3.8, 4) is 0 Å². The molecule has 4 rings (SSSR count). The van der Waals surface area contributed by atoms with Gasteiger partial charge in [0.2, 0.25) is 0 Å². The monoisotopic (exact) mass is 583 g/mol. The summed E-state index contributed by atoms with van der Waals surface area (Å²) in [5.74, 6) is -0.119. The number of nitrogens with zero attached hydrogens (tertiary/aromatic N) is 1. The molecule has 3 aromatic rings. The standard InChI is InChI=1S/C24H21BrF3N3O2S2/c25-21-19(13-34-16-8-2-1-3-9-16)30-23(35-21)31-22(33)29-18-11-10-15(24(26,27)28)12-17(18)20(32)14-6-4-5-7-14/h1-3,8-12,14H,4-7,13H2,(H2,29,30,31,33). The first kappa shape index (κ1) is 25.7. The van der Waals surface area contributed by atoms with Crippen molar-refractivity contribution < 1.29 is 22.8 Å². The number of anilines is 2. The average Bonchev–Trinajstić information content (AvgIpc) is 3.47. The highest BCUT2D eigenvalue weighted by atomic mass is 79.9. The predicted molar refractivity (Wildman–Crippen MR) is 136 cm³/mol. The highest BCUT2D eigenvalue weighted by molar-refractivity contribution is 9.11. The summed E-state index contributed by atoms with van der Waals surface area (Å²) in [7, 11) is 0. The van der Waals surface area contributed by atoms with E-state index >= 15 is 0 Å². The van der Waals surface area contributed by atoms with Crippen LogP contribution in [0.1, 0.15) is 47.3 Å². The number of nitrogens with one attached hydrogen (secondary N) is 2. The van der Waals surface area contributed by atoms with Crippen LogP contribution >= 0.6 is 39.0 Å². The molecule has 0 atom stereocenters. The van der Waals surface area contributed by atoms with Gasteiger partial charge in [-0.15, -0.1) is 11.8 Å². The normalized spacial score (nSPS) is 14.2. The Labute approximate surface area is 217 Å². The van der Waals surface area contributed by atoms with Crippen molar-refractivity contribution >= 4 is 61.7 Å². The molecule has 0 unspecified atom stereocenters. The summed E-state index contributed by atoms with van der Waals surface area (Å²) in [6.07, 6.45) is -1.59. The molecular weight excluding hydrogens is 563 g/mol. The van der Waals surface area contributed by atoms with Gasteiger partial charge < -0.3 is 5.32 Å². The number of hydrogen-bond donors (Lipinski definition) is 2. The number of amides is 2. The quantitative estimate of drug-likeness (QED) is 0.217. The van der Waals surface area contributed by atoms with Gasteiger partial charge in [-0.05, 0) is 59.1 Å². The van der Waals surface area contributed by atoms with Gasteiger partial charge in [0, 0.05) is 22.1 Å². The molecule has 0 radical (unpaired) electrons. The van der Waals surface area contributed by atoms with Gasteiger partial charge in [-0.2, -0.15) is 13.2 Å². The molecule has 0 spiro atoms. The Hall–Kier alpha value is -2.37. The molecule has 2 N–H and O–H groups in total. The van der Waals surface area contributed by atoms with Gasteiger partial charge in [0.25, 0.3) is 0 Å². The number of ketones is 1. The van der Waals surface area contributed by atoms with Crippen molar-refractivity contribution in [2.24, 2.45) is 5.92 Å². The van der Waals surface area contributed by atoms with Crippen LogP contribution < -0.4 is 10.6 Å². The Morgan fingerprint density at radius 1 is 1.09 bits per heavy atom. The summed E-state index contributed by atoms with van der Waals surface area (Å²) in [5.41, 5.74) is -0.245. The molecule has 1 aliphatic carbocycles. The second-order valence-electron chi connectivity index (χ2n) is 8.02. The van der Waals surface area contributed by atoms with Crippen LogP contribution in [-0.4, -0.2) is 16.8 Å². The lowest BCUT2D eigenvalue weighted by Gasteiger charge is -2.16. The molecule has 35 heavy (non-hydrogen) atoms. The van der Waals surface area contributed by atoms with Crippen LogP contribution in [0.5, 0.6) is 0 Å². The van der Waals surface area contributed by atoms with E-state index in [-0.39, 0.29) is 23.0 Å². The third kappa shape index (κ3) is 6.65. The van der Waals surface area contributed by atoms with Gasteiger partial charge in [0.1, 0.15) is 0 Å². The number of carbonyl (C=O) groups is 2. The molecule has 1 heterocycles. The molecule has 184 valence electrons. The maximum absolute atomic E-state index is 13.3. The minimum atomic E-state index is -4.59. The number of thiazole rings is 1. The van der Waals surface area contributed by atoms with E-state index in [1.165, 1.54) is 11.3 Å². The van der Waals surface area contributed by atoms with Gasteiger partial charge in [-0.1, -0.05) is 42.4 Å². The zero-order valence-electron chi connectivity index (χ0n) is 18.3. The number of thioether (sulfide) groups is 1. The van der Waals surface area contributed by atoms with Crippen molar-refractivity contribution in [3.05, 3.63) is 69.1 Å². The molecule has 0 saturated heterocycles. The second kappa shape index (κ2) is 11.1. The first-order chi connectivity index (χ1) is 16.7. The Bertz CT molecular complexity index is 1210. The third-order valence-electron chi connectivity index (χ3n) is 5.58. The van der Waals surface area contributed by atoms with Crippen molar-refractivity contribution in [2.75, 3.05) is 10.6 Å². The molecule has 0 aliphatic heterocycles. The minimum absolute atomic E-state index is 0.0443. The average molecular weight is 584 g/mol. The second-order valence-corrected chi connectivity index (χ2v) is 11.4. The number of aromatic nitrogens is 1. The van der Waals surface area contributed by atoms with Crippen molar-refractivity contribution in [1.82, 2.24) is 4.98 Å². The van der Waals surface area contributed by atoms with Crippen LogP contribution in [0.4, 0.5) is 28.8 Å². The molecule has 1 aliphatic rings. The third-order valence-corrected chi connectivity index (χ3v) is 8.34.